The summed E-state index contributed by atoms with van der Waals surface area (Å²) in [7, 11) is 0. The molecule has 2 N–H and O–H groups in total. The van der Waals surface area contributed by atoms with Crippen molar-refractivity contribution < 1.29 is 14.0 Å². The molecule has 0 aromatic heterocycles. The van der Waals surface area contributed by atoms with Gasteiger partial charge in [0.25, 0.3) is 0 Å². The van der Waals surface area contributed by atoms with Crippen LogP contribution < -0.4 is 10.6 Å². The highest BCUT2D eigenvalue weighted by atomic mass is 32.2. The summed E-state index contributed by atoms with van der Waals surface area (Å²) in [6, 6.07) is 16.1. The predicted octanol–water partition coefficient (Wildman–Crippen LogP) is 3.11. The molecule has 1 saturated heterocycles. The van der Waals surface area contributed by atoms with Crippen LogP contribution >= 0.6 is 11.8 Å². The Balaban J connectivity index is 1.46. The molecule has 148 valence electrons. The van der Waals surface area contributed by atoms with Crippen molar-refractivity contribution >= 4 is 23.6 Å². The number of carbonyl (C=O) groups is 2. The fourth-order valence-electron chi connectivity index (χ4n) is 3.19. The lowest BCUT2D eigenvalue weighted by Gasteiger charge is -2.29. The van der Waals surface area contributed by atoms with Crippen molar-refractivity contribution in [3.05, 3.63) is 71.5 Å². The molecule has 1 heterocycles. The fraction of sp³-hybridized carbons (Fsp3) is 0.364. The molecule has 4 nitrogen and oxygen atoms in total. The Bertz CT molecular complexity index is 815. The van der Waals surface area contributed by atoms with Gasteiger partial charge in [0, 0.05) is 11.8 Å². The number of thioether (sulfide) groups is 1. The summed E-state index contributed by atoms with van der Waals surface area (Å²) in [5.41, 5.74) is 1.76. The maximum absolute atomic E-state index is 13.8. The number of amides is 2. The third-order valence-corrected chi connectivity index (χ3v) is 6.16. The highest BCUT2D eigenvalue weighted by Crippen LogP contribution is 2.23. The van der Waals surface area contributed by atoms with Crippen molar-refractivity contribution in [2.75, 3.05) is 5.75 Å². The first-order valence-corrected chi connectivity index (χ1v) is 10.6. The van der Waals surface area contributed by atoms with E-state index >= 15 is 0 Å². The highest BCUT2D eigenvalue weighted by Gasteiger charge is 2.33. The number of carbonyl (C=O) groups excluding carboxylic acids is 2. The Labute approximate surface area is 169 Å². The van der Waals surface area contributed by atoms with E-state index in [2.05, 4.69) is 22.8 Å². The van der Waals surface area contributed by atoms with Crippen LogP contribution in [0.4, 0.5) is 4.39 Å². The Kier molecular flexibility index (Phi) is 7.09. The number of halogens is 1. The maximum Gasteiger partial charge on any atom is 0.243 e. The van der Waals surface area contributed by atoms with E-state index in [0.717, 1.165) is 12.8 Å². The summed E-state index contributed by atoms with van der Waals surface area (Å²) in [6.07, 6.45) is 2.04. The Morgan fingerprint density at radius 1 is 1.21 bits per heavy atom. The Morgan fingerprint density at radius 3 is 2.64 bits per heavy atom. The Hall–Kier alpha value is -2.34. The normalized spacial score (nSPS) is 20.3. The summed E-state index contributed by atoms with van der Waals surface area (Å²) in [4.78, 5) is 24.9. The van der Waals surface area contributed by atoms with E-state index in [1.54, 1.807) is 18.2 Å². The molecular formula is C22H25FN2O2S. The van der Waals surface area contributed by atoms with Gasteiger partial charge in [0.15, 0.2) is 0 Å². The van der Waals surface area contributed by atoms with Gasteiger partial charge < -0.3 is 10.6 Å². The molecule has 0 aliphatic carbocycles. The molecule has 1 aliphatic rings. The van der Waals surface area contributed by atoms with Crippen LogP contribution in [0.3, 0.4) is 0 Å². The van der Waals surface area contributed by atoms with E-state index in [4.69, 9.17) is 0 Å². The van der Waals surface area contributed by atoms with Gasteiger partial charge in [-0.3, -0.25) is 9.59 Å². The third kappa shape index (κ3) is 5.58. The van der Waals surface area contributed by atoms with Crippen LogP contribution in [-0.4, -0.2) is 34.9 Å². The van der Waals surface area contributed by atoms with Crippen molar-refractivity contribution in [1.29, 1.82) is 0 Å². The van der Waals surface area contributed by atoms with E-state index in [9.17, 15) is 14.0 Å². The van der Waals surface area contributed by atoms with E-state index in [0.29, 0.717) is 17.7 Å². The predicted molar refractivity (Wildman–Crippen MR) is 111 cm³/mol. The summed E-state index contributed by atoms with van der Waals surface area (Å²) in [5.74, 6) is -0.187. The van der Waals surface area contributed by atoms with Crippen molar-refractivity contribution in [2.24, 2.45) is 0 Å². The van der Waals surface area contributed by atoms with Crippen molar-refractivity contribution in [3.8, 4) is 0 Å². The van der Waals surface area contributed by atoms with Crippen LogP contribution in [-0.2, 0) is 22.4 Å². The topological polar surface area (TPSA) is 58.2 Å². The number of nitrogens with one attached hydrogen (secondary N) is 2. The summed E-state index contributed by atoms with van der Waals surface area (Å²) in [5, 5.41) is 5.40. The number of rotatable bonds is 7. The SMILES string of the molecule is C[C@H](CCc1ccccc1)NC(=O)[C@H]1CS[C@@H](Cc2ccccc2F)C(=O)N1. The molecule has 6 heteroatoms. The lowest BCUT2D eigenvalue weighted by atomic mass is 10.1. The van der Waals surface area contributed by atoms with Crippen LogP contribution in [0.1, 0.15) is 24.5 Å². The quantitative estimate of drug-likeness (QED) is 0.751. The summed E-state index contributed by atoms with van der Waals surface area (Å²) in [6.45, 7) is 1.97. The van der Waals surface area contributed by atoms with Crippen molar-refractivity contribution in [2.45, 2.75) is 43.5 Å². The zero-order valence-corrected chi connectivity index (χ0v) is 16.7. The molecule has 2 aromatic rings. The van der Waals surface area contributed by atoms with Gasteiger partial charge in [-0.1, -0.05) is 48.5 Å². The van der Waals surface area contributed by atoms with Crippen molar-refractivity contribution in [3.63, 3.8) is 0 Å². The van der Waals surface area contributed by atoms with E-state index in [1.165, 1.54) is 23.4 Å². The number of hydrogen-bond acceptors (Lipinski definition) is 3. The van der Waals surface area contributed by atoms with Gasteiger partial charge in [-0.05, 0) is 43.4 Å². The molecule has 2 aromatic carbocycles. The second-order valence-electron chi connectivity index (χ2n) is 7.11. The molecule has 0 saturated carbocycles. The first kappa shape index (κ1) is 20.4. The van der Waals surface area contributed by atoms with Crippen LogP contribution in [0.5, 0.6) is 0 Å². The average Bonchev–Trinajstić information content (AvgIpc) is 2.70. The fourth-order valence-corrected chi connectivity index (χ4v) is 4.37. The molecule has 0 radical (unpaired) electrons. The van der Waals surface area contributed by atoms with Gasteiger partial charge in [-0.2, -0.15) is 0 Å². The molecule has 3 atom stereocenters. The van der Waals surface area contributed by atoms with E-state index in [1.807, 2.05) is 25.1 Å². The molecule has 1 fully saturated rings. The van der Waals surface area contributed by atoms with Gasteiger partial charge in [0.05, 0.1) is 5.25 Å². The smallest absolute Gasteiger partial charge is 0.243 e. The van der Waals surface area contributed by atoms with Gasteiger partial charge in [-0.25, -0.2) is 4.39 Å². The first-order chi connectivity index (χ1) is 13.5. The number of benzene rings is 2. The van der Waals surface area contributed by atoms with Gasteiger partial charge in [0.2, 0.25) is 11.8 Å². The van der Waals surface area contributed by atoms with Crippen LogP contribution in [0.25, 0.3) is 0 Å². The van der Waals surface area contributed by atoms with Crippen molar-refractivity contribution in [1.82, 2.24) is 10.6 Å². The molecule has 0 spiro atoms. The lowest BCUT2D eigenvalue weighted by Crippen LogP contribution is -2.55. The zero-order chi connectivity index (χ0) is 19.9. The highest BCUT2D eigenvalue weighted by molar-refractivity contribution is 8.00. The molecule has 1 aliphatic heterocycles. The summed E-state index contributed by atoms with van der Waals surface area (Å²) < 4.78 is 13.8. The van der Waals surface area contributed by atoms with Gasteiger partial charge in [-0.15, -0.1) is 11.8 Å². The average molecular weight is 401 g/mol. The standard InChI is InChI=1S/C22H25FN2O2S/c1-15(11-12-16-7-3-2-4-8-16)24-21(26)19-14-28-20(22(27)25-19)13-17-9-5-6-10-18(17)23/h2-10,15,19-20H,11-14H2,1H3,(H,24,26)(H,25,27)/t15-,19-,20+/m1/s1. The lowest BCUT2D eigenvalue weighted by molar-refractivity contribution is -0.129. The molecular weight excluding hydrogens is 375 g/mol. The number of hydrogen-bond donors (Lipinski definition) is 2. The first-order valence-electron chi connectivity index (χ1n) is 9.52. The third-order valence-electron chi connectivity index (χ3n) is 4.85. The van der Waals surface area contributed by atoms with Crippen LogP contribution in [0.15, 0.2) is 54.6 Å². The molecule has 28 heavy (non-hydrogen) atoms. The second-order valence-corrected chi connectivity index (χ2v) is 8.35. The summed E-state index contributed by atoms with van der Waals surface area (Å²) >= 11 is 1.41. The minimum Gasteiger partial charge on any atom is -0.352 e. The number of aryl methyl sites for hydroxylation is 1. The van der Waals surface area contributed by atoms with E-state index < -0.39 is 6.04 Å². The van der Waals surface area contributed by atoms with Crippen LogP contribution in [0.2, 0.25) is 0 Å². The maximum atomic E-state index is 13.8. The minimum atomic E-state index is -0.548. The largest absolute Gasteiger partial charge is 0.352 e. The van der Waals surface area contributed by atoms with Crippen LogP contribution in [0, 0.1) is 5.82 Å². The van der Waals surface area contributed by atoms with E-state index in [-0.39, 0.29) is 28.9 Å². The molecule has 0 unspecified atom stereocenters. The van der Waals surface area contributed by atoms with Gasteiger partial charge >= 0.3 is 0 Å². The minimum absolute atomic E-state index is 0.0192. The molecule has 0 bridgehead atoms. The van der Waals surface area contributed by atoms with Gasteiger partial charge in [0.1, 0.15) is 11.9 Å². The second kappa shape index (κ2) is 9.73. The Morgan fingerprint density at radius 2 is 1.93 bits per heavy atom. The zero-order valence-electron chi connectivity index (χ0n) is 15.9. The molecule has 3 rings (SSSR count). The monoisotopic (exact) mass is 400 g/mol. The molecule has 2 amide bonds.